The fourth-order valence-corrected chi connectivity index (χ4v) is 5.54. The average molecular weight is 441 g/mol. The van der Waals surface area contributed by atoms with Gasteiger partial charge in [0.05, 0.1) is 12.7 Å². The summed E-state index contributed by atoms with van der Waals surface area (Å²) in [5.74, 6) is -0.767. The van der Waals surface area contributed by atoms with E-state index in [-0.39, 0.29) is 30.2 Å². The van der Waals surface area contributed by atoms with E-state index in [4.69, 9.17) is 4.74 Å². The van der Waals surface area contributed by atoms with Crippen molar-refractivity contribution in [2.24, 2.45) is 5.41 Å². The van der Waals surface area contributed by atoms with Crippen molar-refractivity contribution in [3.63, 3.8) is 0 Å². The van der Waals surface area contributed by atoms with Gasteiger partial charge in [-0.1, -0.05) is 12.1 Å². The van der Waals surface area contributed by atoms with E-state index in [1.807, 2.05) is 12.1 Å². The number of nitrogens with zero attached hydrogens (tertiary/aromatic N) is 1. The molecule has 3 fully saturated rings. The van der Waals surface area contributed by atoms with E-state index in [0.717, 1.165) is 50.3 Å². The number of piperidine rings is 2. The first kappa shape index (κ1) is 21.6. The fraction of sp³-hybridized carbons (Fsp3) is 0.625. The standard InChI is InChI=1S/C24H32N4O4/c29-21-4-3-20(22(30)27-21)28-14-17-11-16(1-2-19(17)23(28)31)12-26-13-18-5-6-24(15-32-18)7-9-25-10-8-24/h1-2,11,18,20,25-26H,3-10,12-15H2,(H,27,29,30). The molecule has 1 aromatic carbocycles. The lowest BCUT2D eigenvalue weighted by Gasteiger charge is -2.43. The smallest absolute Gasteiger partial charge is 0.255 e. The van der Waals surface area contributed by atoms with Crippen LogP contribution in [-0.4, -0.2) is 61.0 Å². The van der Waals surface area contributed by atoms with Crippen molar-refractivity contribution in [3.05, 3.63) is 34.9 Å². The second-order valence-electron chi connectivity index (χ2n) is 9.74. The number of hydrogen-bond donors (Lipinski definition) is 3. The van der Waals surface area contributed by atoms with Gasteiger partial charge in [-0.3, -0.25) is 19.7 Å². The molecule has 32 heavy (non-hydrogen) atoms. The van der Waals surface area contributed by atoms with E-state index in [9.17, 15) is 14.4 Å². The SMILES string of the molecule is O=C1CCC(N2Cc3cc(CNCC4CCC5(CCNCC5)CO4)ccc3C2=O)C(=O)N1. The Kier molecular flexibility index (Phi) is 6.01. The number of amides is 3. The lowest BCUT2D eigenvalue weighted by molar-refractivity contribution is -0.136. The molecule has 0 aliphatic carbocycles. The fourth-order valence-electron chi connectivity index (χ4n) is 5.54. The Morgan fingerprint density at radius 3 is 2.72 bits per heavy atom. The molecule has 0 bridgehead atoms. The summed E-state index contributed by atoms with van der Waals surface area (Å²) < 4.78 is 6.19. The van der Waals surface area contributed by atoms with E-state index >= 15 is 0 Å². The molecule has 4 aliphatic rings. The van der Waals surface area contributed by atoms with Crippen LogP contribution in [0, 0.1) is 5.41 Å². The molecule has 5 rings (SSSR count). The zero-order valence-corrected chi connectivity index (χ0v) is 18.5. The average Bonchev–Trinajstić information content (AvgIpc) is 3.11. The molecular formula is C24H32N4O4. The maximum absolute atomic E-state index is 12.8. The quantitative estimate of drug-likeness (QED) is 0.593. The van der Waals surface area contributed by atoms with Gasteiger partial charge in [0.1, 0.15) is 6.04 Å². The van der Waals surface area contributed by atoms with Gasteiger partial charge in [0, 0.05) is 31.6 Å². The maximum atomic E-state index is 12.8. The third-order valence-corrected chi connectivity index (χ3v) is 7.58. The molecule has 3 N–H and O–H groups in total. The third kappa shape index (κ3) is 4.31. The predicted molar refractivity (Wildman–Crippen MR) is 118 cm³/mol. The van der Waals surface area contributed by atoms with Crippen LogP contribution in [0.5, 0.6) is 0 Å². The van der Waals surface area contributed by atoms with E-state index in [2.05, 4.69) is 22.0 Å². The Bertz CT molecular complexity index is 901. The normalized spacial score (nSPS) is 27.5. The van der Waals surface area contributed by atoms with Crippen molar-refractivity contribution >= 4 is 17.7 Å². The first-order chi connectivity index (χ1) is 15.5. The van der Waals surface area contributed by atoms with Crippen molar-refractivity contribution < 1.29 is 19.1 Å². The third-order valence-electron chi connectivity index (χ3n) is 7.58. The molecule has 8 nitrogen and oxygen atoms in total. The number of rotatable bonds is 5. The van der Waals surface area contributed by atoms with Crippen molar-refractivity contribution in [1.82, 2.24) is 20.9 Å². The first-order valence-corrected chi connectivity index (χ1v) is 11.8. The van der Waals surface area contributed by atoms with Crippen LogP contribution in [0.1, 0.15) is 60.0 Å². The second-order valence-corrected chi connectivity index (χ2v) is 9.74. The molecular weight excluding hydrogens is 408 g/mol. The zero-order valence-electron chi connectivity index (χ0n) is 18.5. The Balaban J connectivity index is 1.12. The van der Waals surface area contributed by atoms with E-state index in [1.165, 1.54) is 19.3 Å². The molecule has 172 valence electrons. The first-order valence-electron chi connectivity index (χ1n) is 11.8. The molecule has 8 heteroatoms. The molecule has 3 amide bonds. The summed E-state index contributed by atoms with van der Waals surface area (Å²) in [7, 11) is 0. The molecule has 3 saturated heterocycles. The van der Waals surface area contributed by atoms with Gasteiger partial charge < -0.3 is 20.3 Å². The molecule has 0 aromatic heterocycles. The molecule has 0 saturated carbocycles. The van der Waals surface area contributed by atoms with Crippen LogP contribution in [0.3, 0.4) is 0 Å². The number of fused-ring (bicyclic) bond motifs is 1. The van der Waals surface area contributed by atoms with Gasteiger partial charge >= 0.3 is 0 Å². The van der Waals surface area contributed by atoms with Crippen LogP contribution in [0.2, 0.25) is 0 Å². The number of carbonyl (C=O) groups is 3. The van der Waals surface area contributed by atoms with Crippen LogP contribution in [0.4, 0.5) is 0 Å². The molecule has 2 unspecified atom stereocenters. The van der Waals surface area contributed by atoms with Gasteiger partial charge in [-0.15, -0.1) is 0 Å². The van der Waals surface area contributed by atoms with Crippen LogP contribution >= 0.6 is 0 Å². The summed E-state index contributed by atoms with van der Waals surface area (Å²) in [5.41, 5.74) is 3.11. The van der Waals surface area contributed by atoms with Gasteiger partial charge in [0.15, 0.2) is 0 Å². The van der Waals surface area contributed by atoms with E-state index < -0.39 is 6.04 Å². The van der Waals surface area contributed by atoms with Crippen LogP contribution < -0.4 is 16.0 Å². The number of hydrogen-bond acceptors (Lipinski definition) is 6. The van der Waals surface area contributed by atoms with Crippen LogP contribution in [-0.2, 0) is 27.4 Å². The highest BCUT2D eigenvalue weighted by Crippen LogP contribution is 2.38. The summed E-state index contributed by atoms with van der Waals surface area (Å²) in [6.45, 7) is 5.04. The number of benzene rings is 1. The molecule has 4 heterocycles. The highest BCUT2D eigenvalue weighted by atomic mass is 16.5. The number of carbonyl (C=O) groups excluding carboxylic acids is 3. The highest BCUT2D eigenvalue weighted by molar-refractivity contribution is 6.05. The summed E-state index contributed by atoms with van der Waals surface area (Å²) in [6.07, 6.45) is 5.71. The molecule has 0 radical (unpaired) electrons. The summed E-state index contributed by atoms with van der Waals surface area (Å²) >= 11 is 0. The van der Waals surface area contributed by atoms with Gasteiger partial charge in [-0.2, -0.15) is 0 Å². The van der Waals surface area contributed by atoms with Crippen molar-refractivity contribution in [3.8, 4) is 0 Å². The van der Waals surface area contributed by atoms with Crippen molar-refractivity contribution in [2.75, 3.05) is 26.2 Å². The highest BCUT2D eigenvalue weighted by Gasteiger charge is 2.39. The second kappa shape index (κ2) is 8.92. The summed E-state index contributed by atoms with van der Waals surface area (Å²) in [4.78, 5) is 38.0. The van der Waals surface area contributed by atoms with Gasteiger partial charge in [0.25, 0.3) is 5.91 Å². The maximum Gasteiger partial charge on any atom is 0.255 e. The van der Waals surface area contributed by atoms with E-state index in [0.29, 0.717) is 23.9 Å². The molecule has 2 atom stereocenters. The van der Waals surface area contributed by atoms with Crippen molar-refractivity contribution in [2.45, 2.75) is 63.8 Å². The minimum atomic E-state index is -0.569. The lowest BCUT2D eigenvalue weighted by atomic mass is 9.74. The van der Waals surface area contributed by atoms with Gasteiger partial charge in [0.2, 0.25) is 11.8 Å². The van der Waals surface area contributed by atoms with Crippen LogP contribution in [0.25, 0.3) is 0 Å². The Labute approximate surface area is 188 Å². The number of nitrogens with one attached hydrogen (secondary N) is 3. The summed E-state index contributed by atoms with van der Waals surface area (Å²) in [6, 6.07) is 5.32. The lowest BCUT2D eigenvalue weighted by Crippen LogP contribution is -2.52. The molecule has 1 aromatic rings. The molecule has 4 aliphatic heterocycles. The number of imide groups is 1. The topological polar surface area (TPSA) is 99.8 Å². The van der Waals surface area contributed by atoms with Gasteiger partial charge in [-0.05, 0) is 67.8 Å². The largest absolute Gasteiger partial charge is 0.376 e. The van der Waals surface area contributed by atoms with E-state index in [1.54, 1.807) is 4.90 Å². The molecule has 1 spiro atoms. The summed E-state index contributed by atoms with van der Waals surface area (Å²) in [5, 5.41) is 9.30. The predicted octanol–water partition coefficient (Wildman–Crippen LogP) is 1.09. The zero-order chi connectivity index (χ0) is 22.1. The van der Waals surface area contributed by atoms with Crippen LogP contribution in [0.15, 0.2) is 18.2 Å². The Morgan fingerprint density at radius 2 is 1.97 bits per heavy atom. The monoisotopic (exact) mass is 440 g/mol. The number of ether oxygens (including phenoxy) is 1. The minimum absolute atomic E-state index is 0.128. The Hall–Kier alpha value is -2.29. The Morgan fingerprint density at radius 1 is 1.12 bits per heavy atom. The van der Waals surface area contributed by atoms with Crippen molar-refractivity contribution in [1.29, 1.82) is 0 Å². The minimum Gasteiger partial charge on any atom is -0.376 e. The van der Waals surface area contributed by atoms with Gasteiger partial charge in [-0.25, -0.2) is 0 Å².